The Morgan fingerprint density at radius 1 is 1.41 bits per heavy atom. The molecule has 1 unspecified atom stereocenters. The van der Waals surface area contributed by atoms with Gasteiger partial charge in [-0.05, 0) is 42.3 Å². The lowest BCUT2D eigenvalue weighted by Crippen LogP contribution is -2.37. The number of benzene rings is 1. The third-order valence-electron chi connectivity index (χ3n) is 3.66. The largest absolute Gasteiger partial charge is 0.393 e. The van der Waals surface area contributed by atoms with Crippen molar-refractivity contribution in [3.8, 4) is 0 Å². The zero-order valence-corrected chi connectivity index (χ0v) is 14.0. The Morgan fingerprint density at radius 3 is 2.82 bits per heavy atom. The van der Waals surface area contributed by atoms with Crippen molar-refractivity contribution >= 4 is 28.4 Å². The Morgan fingerprint density at radius 2 is 2.14 bits per heavy atom. The molecule has 2 aromatic rings. The third kappa shape index (κ3) is 4.49. The molecule has 1 amide bonds. The van der Waals surface area contributed by atoms with Crippen molar-refractivity contribution in [2.45, 2.75) is 39.8 Å². The van der Waals surface area contributed by atoms with Crippen LogP contribution in [0.3, 0.4) is 0 Å². The van der Waals surface area contributed by atoms with E-state index in [-0.39, 0.29) is 24.0 Å². The molecule has 0 aliphatic rings. The molecule has 1 atom stereocenters. The molecule has 1 aromatic heterocycles. The Labute approximate surface area is 136 Å². The molecule has 0 fully saturated rings. The summed E-state index contributed by atoms with van der Waals surface area (Å²) in [5.41, 5.74) is 0.817. The van der Waals surface area contributed by atoms with Gasteiger partial charge >= 0.3 is 0 Å². The van der Waals surface area contributed by atoms with Gasteiger partial charge in [0, 0.05) is 23.3 Å². The second-order valence-corrected chi connectivity index (χ2v) is 7.08. The van der Waals surface area contributed by atoms with Crippen LogP contribution in [0.1, 0.15) is 27.2 Å². The zero-order chi connectivity index (χ0) is 16.3. The molecular formula is C17H23ClN2O2. The lowest BCUT2D eigenvalue weighted by atomic mass is 9.87. The van der Waals surface area contributed by atoms with Gasteiger partial charge in [-0.15, -0.1) is 0 Å². The first-order chi connectivity index (χ1) is 10.3. The number of hydrogen-bond acceptors (Lipinski definition) is 2. The number of rotatable bonds is 6. The number of fused-ring (bicyclic) bond motifs is 1. The van der Waals surface area contributed by atoms with Crippen LogP contribution in [0, 0.1) is 5.41 Å². The number of nitrogens with one attached hydrogen (secondary N) is 1. The molecule has 0 bridgehead atoms. The Kier molecular flexibility index (Phi) is 5.14. The molecule has 2 N–H and O–H groups in total. The molecule has 2 rings (SSSR count). The second-order valence-electron chi connectivity index (χ2n) is 6.64. The normalized spacial score (nSPS) is 13.3. The smallest absolute Gasteiger partial charge is 0.239 e. The SMILES string of the molecule is CC(O)CC(C)(C)CNC(=O)Cn1ccc2ccc(Cl)cc21. The molecule has 120 valence electrons. The lowest BCUT2D eigenvalue weighted by molar-refractivity contribution is -0.122. The number of aliphatic hydroxyl groups is 1. The summed E-state index contributed by atoms with van der Waals surface area (Å²) >= 11 is 6.02. The van der Waals surface area contributed by atoms with Crippen molar-refractivity contribution in [3.63, 3.8) is 0 Å². The summed E-state index contributed by atoms with van der Waals surface area (Å²) < 4.78 is 1.89. The van der Waals surface area contributed by atoms with Crippen molar-refractivity contribution in [1.82, 2.24) is 9.88 Å². The van der Waals surface area contributed by atoms with Gasteiger partial charge in [0.15, 0.2) is 0 Å². The molecule has 1 heterocycles. The van der Waals surface area contributed by atoms with Crippen LogP contribution in [0.5, 0.6) is 0 Å². The van der Waals surface area contributed by atoms with Crippen LogP contribution in [0.4, 0.5) is 0 Å². The van der Waals surface area contributed by atoms with Crippen LogP contribution in [-0.2, 0) is 11.3 Å². The molecule has 0 aliphatic heterocycles. The maximum absolute atomic E-state index is 12.1. The van der Waals surface area contributed by atoms with Crippen LogP contribution >= 0.6 is 11.6 Å². The van der Waals surface area contributed by atoms with Gasteiger partial charge in [-0.2, -0.15) is 0 Å². The number of carbonyl (C=O) groups excluding carboxylic acids is 1. The minimum absolute atomic E-state index is 0.0452. The molecule has 0 spiro atoms. The van der Waals surface area contributed by atoms with E-state index in [2.05, 4.69) is 5.32 Å². The molecule has 0 radical (unpaired) electrons. The van der Waals surface area contributed by atoms with E-state index in [1.165, 1.54) is 0 Å². The van der Waals surface area contributed by atoms with Gasteiger partial charge in [0.2, 0.25) is 5.91 Å². The topological polar surface area (TPSA) is 54.3 Å². The van der Waals surface area contributed by atoms with Gasteiger partial charge < -0.3 is 15.0 Å². The maximum atomic E-state index is 12.1. The van der Waals surface area contributed by atoms with Crippen molar-refractivity contribution in [2.75, 3.05) is 6.54 Å². The predicted molar refractivity (Wildman–Crippen MR) is 90.0 cm³/mol. The molecular weight excluding hydrogens is 300 g/mol. The summed E-state index contributed by atoms with van der Waals surface area (Å²) in [6, 6.07) is 7.61. The number of nitrogens with zero attached hydrogens (tertiary/aromatic N) is 1. The van der Waals surface area contributed by atoms with Gasteiger partial charge in [0.05, 0.1) is 6.10 Å². The van der Waals surface area contributed by atoms with Crippen LogP contribution < -0.4 is 5.32 Å². The van der Waals surface area contributed by atoms with Gasteiger partial charge in [-0.1, -0.05) is 31.5 Å². The lowest BCUT2D eigenvalue weighted by Gasteiger charge is -2.26. The number of hydrogen-bond donors (Lipinski definition) is 2. The van der Waals surface area contributed by atoms with E-state index in [9.17, 15) is 9.90 Å². The number of aliphatic hydroxyl groups excluding tert-OH is 1. The molecule has 4 nitrogen and oxygen atoms in total. The maximum Gasteiger partial charge on any atom is 0.239 e. The fraction of sp³-hybridized carbons (Fsp3) is 0.471. The summed E-state index contributed by atoms with van der Waals surface area (Å²) in [5, 5.41) is 14.1. The Bertz CT molecular complexity index is 662. The highest BCUT2D eigenvalue weighted by Crippen LogP contribution is 2.22. The van der Waals surface area contributed by atoms with E-state index in [4.69, 9.17) is 11.6 Å². The molecule has 22 heavy (non-hydrogen) atoms. The average Bonchev–Trinajstić information content (AvgIpc) is 2.78. The summed E-state index contributed by atoms with van der Waals surface area (Å²) in [6.45, 7) is 6.63. The van der Waals surface area contributed by atoms with Crippen molar-refractivity contribution in [2.24, 2.45) is 5.41 Å². The monoisotopic (exact) mass is 322 g/mol. The van der Waals surface area contributed by atoms with Crippen LogP contribution in [0.2, 0.25) is 5.02 Å². The summed E-state index contributed by atoms with van der Waals surface area (Å²) in [6.07, 6.45) is 2.17. The van der Waals surface area contributed by atoms with Gasteiger partial charge in [-0.3, -0.25) is 4.79 Å². The molecule has 0 saturated carbocycles. The highest BCUT2D eigenvalue weighted by molar-refractivity contribution is 6.31. The highest BCUT2D eigenvalue weighted by atomic mass is 35.5. The summed E-state index contributed by atoms with van der Waals surface area (Å²) in [4.78, 5) is 12.1. The fourth-order valence-electron chi connectivity index (χ4n) is 2.72. The van der Waals surface area contributed by atoms with E-state index in [0.29, 0.717) is 18.0 Å². The van der Waals surface area contributed by atoms with E-state index < -0.39 is 0 Å². The van der Waals surface area contributed by atoms with Gasteiger partial charge in [0.25, 0.3) is 0 Å². The molecule has 5 heteroatoms. The summed E-state index contributed by atoms with van der Waals surface area (Å²) in [5.74, 6) is -0.0452. The van der Waals surface area contributed by atoms with E-state index in [0.717, 1.165) is 10.9 Å². The second kappa shape index (κ2) is 6.71. The highest BCUT2D eigenvalue weighted by Gasteiger charge is 2.21. The standard InChI is InChI=1S/C17H23ClN2O2/c1-12(21)9-17(2,3)11-19-16(22)10-20-7-6-13-4-5-14(18)8-15(13)20/h4-8,12,21H,9-11H2,1-3H3,(H,19,22). The van der Waals surface area contributed by atoms with Gasteiger partial charge in [-0.25, -0.2) is 0 Å². The first kappa shape index (κ1) is 16.8. The average molecular weight is 323 g/mol. The van der Waals surface area contributed by atoms with E-state index in [1.54, 1.807) is 6.92 Å². The van der Waals surface area contributed by atoms with E-state index >= 15 is 0 Å². The first-order valence-electron chi connectivity index (χ1n) is 7.46. The van der Waals surface area contributed by atoms with Gasteiger partial charge in [0.1, 0.15) is 6.54 Å². The molecule has 0 aliphatic carbocycles. The number of aromatic nitrogens is 1. The predicted octanol–water partition coefficient (Wildman–Crippen LogP) is 3.21. The Hall–Kier alpha value is -1.52. The van der Waals surface area contributed by atoms with Crippen molar-refractivity contribution in [3.05, 3.63) is 35.5 Å². The van der Waals surface area contributed by atoms with Crippen LogP contribution in [0.25, 0.3) is 10.9 Å². The molecule has 1 aromatic carbocycles. The number of carbonyl (C=O) groups is 1. The minimum Gasteiger partial charge on any atom is -0.393 e. The number of halogens is 1. The van der Waals surface area contributed by atoms with Crippen molar-refractivity contribution < 1.29 is 9.90 Å². The van der Waals surface area contributed by atoms with E-state index in [1.807, 2.05) is 48.9 Å². The number of amides is 1. The zero-order valence-electron chi connectivity index (χ0n) is 13.3. The van der Waals surface area contributed by atoms with Crippen LogP contribution in [-0.4, -0.2) is 28.2 Å². The van der Waals surface area contributed by atoms with Crippen molar-refractivity contribution in [1.29, 1.82) is 0 Å². The molecule has 0 saturated heterocycles. The fourth-order valence-corrected chi connectivity index (χ4v) is 2.88. The quantitative estimate of drug-likeness (QED) is 0.858. The minimum atomic E-state index is -0.373. The first-order valence-corrected chi connectivity index (χ1v) is 7.84. The Balaban J connectivity index is 1.98. The third-order valence-corrected chi connectivity index (χ3v) is 3.90. The van der Waals surface area contributed by atoms with Crippen LogP contribution in [0.15, 0.2) is 30.5 Å². The summed E-state index contributed by atoms with van der Waals surface area (Å²) in [7, 11) is 0.